The van der Waals surface area contributed by atoms with E-state index in [2.05, 4.69) is 19.5 Å². The molecule has 2 fully saturated rings. The molecule has 0 spiro atoms. The lowest BCUT2D eigenvalue weighted by Gasteiger charge is -2.44. The van der Waals surface area contributed by atoms with Crippen molar-refractivity contribution in [3.8, 4) is 0 Å². The Labute approximate surface area is 242 Å². The number of nitrogens with zero attached hydrogens (tertiary/aromatic N) is 1. The molecule has 3 rings (SSSR count). The highest BCUT2D eigenvalue weighted by Gasteiger charge is 2.50. The summed E-state index contributed by atoms with van der Waals surface area (Å²) in [5.74, 6) is -1.44. The van der Waals surface area contributed by atoms with Crippen LogP contribution in [0.1, 0.15) is 27.0 Å². The molecule has 0 aliphatic carbocycles. The Morgan fingerprint density at radius 2 is 1.74 bits per heavy atom. The number of phosphoric ester groups is 2. The van der Waals surface area contributed by atoms with Crippen LogP contribution in [0, 0.1) is 0 Å². The summed E-state index contributed by atoms with van der Waals surface area (Å²) in [6, 6.07) is -2.82. The maximum absolute atomic E-state index is 12.7. The van der Waals surface area contributed by atoms with Crippen LogP contribution in [0.4, 0.5) is 0 Å². The Bertz CT molecular complexity index is 1390. The first-order valence-corrected chi connectivity index (χ1v) is 15.5. The molecule has 12 atom stereocenters. The van der Waals surface area contributed by atoms with Gasteiger partial charge in [-0.3, -0.25) is 33.0 Å². The highest BCUT2D eigenvalue weighted by atomic mass is 31.3. The number of carbonyl (C=O) groups is 2. The Hall–Kier alpha value is -2.36. The van der Waals surface area contributed by atoms with Crippen molar-refractivity contribution in [2.75, 3.05) is 6.61 Å². The van der Waals surface area contributed by atoms with E-state index in [0.717, 1.165) is 23.8 Å². The van der Waals surface area contributed by atoms with Gasteiger partial charge in [0.15, 0.2) is 12.5 Å². The zero-order valence-electron chi connectivity index (χ0n) is 22.8. The predicted molar refractivity (Wildman–Crippen MR) is 139 cm³/mol. The van der Waals surface area contributed by atoms with Crippen LogP contribution in [-0.2, 0) is 41.6 Å². The number of carbonyl (C=O) groups excluding carboxylic acids is 2. The van der Waals surface area contributed by atoms with Crippen LogP contribution < -0.4 is 27.6 Å². The van der Waals surface area contributed by atoms with E-state index in [0.29, 0.717) is 0 Å². The van der Waals surface area contributed by atoms with E-state index in [-0.39, 0.29) is 0 Å². The van der Waals surface area contributed by atoms with Gasteiger partial charge in [-0.05, 0) is 13.8 Å². The summed E-state index contributed by atoms with van der Waals surface area (Å²) < 4.78 is 50.3. The molecule has 3 heterocycles. The third-order valence-corrected chi connectivity index (χ3v) is 8.88. The molecule has 0 aromatic carbocycles. The van der Waals surface area contributed by atoms with Crippen LogP contribution in [0.2, 0.25) is 0 Å². The quantitative estimate of drug-likeness (QED) is 0.102. The van der Waals surface area contributed by atoms with E-state index in [1.54, 1.807) is 0 Å². The molecule has 1 aromatic heterocycles. The number of ether oxygens (including phenoxy) is 2. The summed E-state index contributed by atoms with van der Waals surface area (Å²) in [6.45, 7) is 2.73. The minimum atomic E-state index is -5.60. The van der Waals surface area contributed by atoms with E-state index in [4.69, 9.17) is 19.7 Å². The molecular weight excluding hydrogens is 628 g/mol. The number of aromatic amines is 1. The third-order valence-electron chi connectivity index (χ3n) is 6.28. The number of nitrogens with two attached hydrogens (primary N) is 1. The number of nitrogens with one attached hydrogen (secondary N) is 3. The van der Waals surface area contributed by atoms with Gasteiger partial charge in [-0.25, -0.2) is 13.9 Å². The number of aromatic nitrogens is 2. The Morgan fingerprint density at radius 3 is 2.33 bits per heavy atom. The number of hydrogen-bond donors (Lipinski definition) is 9. The maximum Gasteiger partial charge on any atom is 0.483 e. The lowest BCUT2D eigenvalue weighted by Crippen LogP contribution is -2.68. The van der Waals surface area contributed by atoms with Crippen LogP contribution in [0.5, 0.6) is 0 Å². The summed E-state index contributed by atoms with van der Waals surface area (Å²) >= 11 is 0. The van der Waals surface area contributed by atoms with Crippen LogP contribution in [-0.4, -0.2) is 108 Å². The number of rotatable bonds is 11. The normalized spacial score (nSPS) is 34.5. The van der Waals surface area contributed by atoms with Crippen molar-refractivity contribution in [2.24, 2.45) is 5.73 Å². The fourth-order valence-corrected chi connectivity index (χ4v) is 6.38. The minimum absolute atomic E-state index is 0.684. The Kier molecular flexibility index (Phi) is 11.2. The van der Waals surface area contributed by atoms with Gasteiger partial charge in [0.05, 0.1) is 24.8 Å². The molecule has 0 radical (unpaired) electrons. The topological polar surface area (TPSA) is 321 Å². The Morgan fingerprint density at radius 1 is 1.09 bits per heavy atom. The summed E-state index contributed by atoms with van der Waals surface area (Å²) in [7, 11) is -11.1. The predicted octanol–water partition coefficient (Wildman–Crippen LogP) is -4.15. The van der Waals surface area contributed by atoms with E-state index >= 15 is 0 Å². The van der Waals surface area contributed by atoms with Gasteiger partial charge in [0.25, 0.3) is 5.56 Å². The number of amides is 2. The second-order valence-electron chi connectivity index (χ2n) is 9.73. The van der Waals surface area contributed by atoms with Crippen LogP contribution >= 0.6 is 15.6 Å². The molecule has 2 unspecified atom stereocenters. The molecule has 2 saturated heterocycles. The molecule has 1 aromatic rings. The monoisotopic (exact) mass is 661 g/mol. The molecule has 0 saturated carbocycles. The van der Waals surface area contributed by atoms with Crippen LogP contribution in [0.15, 0.2) is 21.9 Å². The lowest BCUT2D eigenvalue weighted by atomic mass is 9.94. The van der Waals surface area contributed by atoms with Gasteiger partial charge < -0.3 is 50.9 Å². The highest BCUT2D eigenvalue weighted by molar-refractivity contribution is 7.61. The lowest BCUT2D eigenvalue weighted by molar-refractivity contribution is -0.208. The first kappa shape index (κ1) is 35.1. The zero-order valence-corrected chi connectivity index (χ0v) is 24.6. The van der Waals surface area contributed by atoms with Gasteiger partial charge >= 0.3 is 21.3 Å². The van der Waals surface area contributed by atoms with Gasteiger partial charge in [0.2, 0.25) is 11.8 Å². The van der Waals surface area contributed by atoms with E-state index < -0.39 is 106 Å². The molecule has 2 aliphatic heterocycles. The fourth-order valence-electron chi connectivity index (χ4n) is 4.22. The van der Waals surface area contributed by atoms with Crippen LogP contribution in [0.25, 0.3) is 0 Å². The zero-order chi connectivity index (χ0) is 32.4. The Balaban J connectivity index is 1.66. The van der Waals surface area contributed by atoms with Crippen LogP contribution in [0.3, 0.4) is 0 Å². The van der Waals surface area contributed by atoms with Crippen molar-refractivity contribution >= 4 is 27.5 Å². The molecular formula is C20H33N5O16P2. The van der Waals surface area contributed by atoms with E-state index in [1.807, 2.05) is 4.98 Å². The smallest absolute Gasteiger partial charge is 0.389 e. The molecule has 244 valence electrons. The standard InChI is InChI=1S/C20H33N5O16P2/c1-7(21)17(31)24-12-8(2)38-19(13(15(12)29)22-9(3)26)40-43(35,36)41-42(33,34)37-6-10-14(28)16(30)18(39-10)25-5-4-11(27)23-20(25)32/h4-5,7-8,10,12-16,18-19,28-30H,6,21H2,1-3H3,(H,22,26)(H,24,31)(H,33,34)(H,35,36)(H,23,27,32)/t7-,8-,10-,12-,13-,14-,15+,16-,18-,19-/m1/s1. The summed E-state index contributed by atoms with van der Waals surface area (Å²) in [5.41, 5.74) is 3.77. The first-order chi connectivity index (χ1) is 19.8. The van der Waals surface area contributed by atoms with Gasteiger partial charge in [-0.1, -0.05) is 0 Å². The minimum Gasteiger partial charge on any atom is -0.389 e. The largest absolute Gasteiger partial charge is 0.483 e. The number of phosphoric acid groups is 2. The average molecular weight is 661 g/mol. The van der Waals surface area contributed by atoms with E-state index in [9.17, 15) is 53.4 Å². The molecule has 23 heteroatoms. The first-order valence-electron chi connectivity index (χ1n) is 12.5. The number of aliphatic hydroxyl groups excluding tert-OH is 3. The van der Waals surface area contributed by atoms with Crippen molar-refractivity contribution in [2.45, 2.75) is 81.9 Å². The SMILES string of the molecule is CC(=O)N[C@H]1[C@@H](OP(=O)(O)OP(=O)(O)OC[C@H]2O[C@@H](n3ccc(=O)[nH]c3=O)[C@H](O)[C@@H]2O)O[C@H](C)[C@@H](NC(=O)[C@@H](C)N)[C@@H]1O. The molecule has 0 bridgehead atoms. The van der Waals surface area contributed by atoms with Gasteiger partial charge in [0, 0.05) is 19.2 Å². The van der Waals surface area contributed by atoms with Crippen molar-refractivity contribution in [3.05, 3.63) is 33.1 Å². The molecule has 10 N–H and O–H groups in total. The number of aliphatic hydroxyl groups is 3. The van der Waals surface area contributed by atoms with Crippen molar-refractivity contribution in [1.29, 1.82) is 0 Å². The molecule has 2 amide bonds. The van der Waals surface area contributed by atoms with Gasteiger partial charge in [-0.2, -0.15) is 4.31 Å². The number of hydrogen-bond acceptors (Lipinski definition) is 15. The summed E-state index contributed by atoms with van der Waals surface area (Å²) in [5, 5.41) is 35.9. The van der Waals surface area contributed by atoms with Gasteiger partial charge in [0.1, 0.15) is 30.5 Å². The van der Waals surface area contributed by atoms with Crippen molar-refractivity contribution < 1.29 is 66.7 Å². The highest BCUT2D eigenvalue weighted by Crippen LogP contribution is 2.61. The second kappa shape index (κ2) is 13.7. The van der Waals surface area contributed by atoms with Crippen molar-refractivity contribution in [1.82, 2.24) is 20.2 Å². The summed E-state index contributed by atoms with van der Waals surface area (Å²) in [6.07, 6.45) is -10.5. The summed E-state index contributed by atoms with van der Waals surface area (Å²) in [4.78, 5) is 69.2. The molecule has 21 nitrogen and oxygen atoms in total. The average Bonchev–Trinajstić information content (AvgIpc) is 3.15. The fraction of sp³-hybridized carbons (Fsp3) is 0.700. The van der Waals surface area contributed by atoms with Crippen molar-refractivity contribution in [3.63, 3.8) is 0 Å². The van der Waals surface area contributed by atoms with E-state index in [1.165, 1.54) is 13.8 Å². The van der Waals surface area contributed by atoms with Gasteiger partial charge in [-0.15, -0.1) is 0 Å². The maximum atomic E-state index is 12.7. The molecule has 43 heavy (non-hydrogen) atoms. The molecule has 2 aliphatic rings. The second-order valence-corrected chi connectivity index (χ2v) is 12.7. The third kappa shape index (κ3) is 8.85. The number of H-pyrrole nitrogens is 1.